The highest BCUT2D eigenvalue weighted by molar-refractivity contribution is 7.88. The van der Waals surface area contributed by atoms with Gasteiger partial charge in [-0.25, -0.2) is 23.1 Å². The van der Waals surface area contributed by atoms with Gasteiger partial charge in [0.05, 0.1) is 17.9 Å². The maximum absolute atomic E-state index is 12.6. The second-order valence-corrected chi connectivity index (χ2v) is 8.14. The molecular formula is C17H16F4N6O4S. The minimum atomic E-state index is -3.53. The van der Waals surface area contributed by atoms with Crippen molar-refractivity contribution in [1.82, 2.24) is 24.9 Å². The monoisotopic (exact) mass is 476 g/mol. The summed E-state index contributed by atoms with van der Waals surface area (Å²) in [7, 11) is -3.53. The van der Waals surface area contributed by atoms with E-state index < -0.39 is 35.0 Å². The van der Waals surface area contributed by atoms with E-state index in [0.29, 0.717) is 5.56 Å². The van der Waals surface area contributed by atoms with E-state index in [-0.39, 0.29) is 29.7 Å². The first-order chi connectivity index (χ1) is 15.1. The van der Waals surface area contributed by atoms with E-state index in [4.69, 9.17) is 4.42 Å². The minimum Gasteiger partial charge on any atom is -0.435 e. The van der Waals surface area contributed by atoms with Crippen LogP contribution in [-0.4, -0.2) is 48.0 Å². The van der Waals surface area contributed by atoms with E-state index in [0.717, 1.165) is 6.26 Å². The van der Waals surface area contributed by atoms with Gasteiger partial charge in [0.2, 0.25) is 16.0 Å². The molecule has 0 aliphatic carbocycles. The summed E-state index contributed by atoms with van der Waals surface area (Å²) in [6, 6.07) is 4.86. The number of rotatable bonds is 10. The van der Waals surface area contributed by atoms with Crippen LogP contribution in [0.2, 0.25) is 0 Å². The van der Waals surface area contributed by atoms with Gasteiger partial charge < -0.3 is 14.5 Å². The van der Waals surface area contributed by atoms with E-state index in [1.165, 1.54) is 36.7 Å². The molecule has 10 nitrogen and oxygen atoms in total. The number of hydrogen-bond acceptors (Lipinski definition) is 9. The molecule has 0 aliphatic rings. The van der Waals surface area contributed by atoms with E-state index in [9.17, 15) is 26.0 Å². The van der Waals surface area contributed by atoms with Crippen molar-refractivity contribution >= 4 is 16.0 Å². The Morgan fingerprint density at radius 3 is 2.25 bits per heavy atom. The molecule has 32 heavy (non-hydrogen) atoms. The van der Waals surface area contributed by atoms with Crippen LogP contribution >= 0.6 is 0 Å². The van der Waals surface area contributed by atoms with Gasteiger partial charge >= 0.3 is 13.0 Å². The number of aromatic nitrogens is 4. The normalized spacial score (nSPS) is 12.8. The maximum Gasteiger partial charge on any atom is 0.387 e. The van der Waals surface area contributed by atoms with Gasteiger partial charge in [-0.05, 0) is 17.7 Å². The quantitative estimate of drug-likeness (QED) is 0.424. The molecular weight excluding hydrogens is 460 g/mol. The van der Waals surface area contributed by atoms with Crippen molar-refractivity contribution in [1.29, 1.82) is 0 Å². The van der Waals surface area contributed by atoms with Crippen molar-refractivity contribution in [3.05, 3.63) is 48.1 Å². The fourth-order valence-electron chi connectivity index (χ4n) is 2.48. The predicted molar refractivity (Wildman–Crippen MR) is 103 cm³/mol. The number of anilines is 1. The fourth-order valence-corrected chi connectivity index (χ4v) is 2.95. The first kappa shape index (κ1) is 23.3. The van der Waals surface area contributed by atoms with Gasteiger partial charge in [-0.1, -0.05) is 12.1 Å². The summed E-state index contributed by atoms with van der Waals surface area (Å²) in [6.45, 7) is -3.09. The van der Waals surface area contributed by atoms with E-state index in [1.807, 2.05) is 0 Å². The number of nitrogens with one attached hydrogen (secondary N) is 2. The number of sulfonamides is 1. The molecule has 1 atom stereocenters. The van der Waals surface area contributed by atoms with Crippen LogP contribution in [0.4, 0.5) is 23.5 Å². The smallest absolute Gasteiger partial charge is 0.387 e. The summed E-state index contributed by atoms with van der Waals surface area (Å²) >= 11 is 0. The molecule has 0 saturated carbocycles. The molecule has 0 spiro atoms. The van der Waals surface area contributed by atoms with Crippen LogP contribution in [0.25, 0.3) is 11.5 Å². The van der Waals surface area contributed by atoms with E-state index >= 15 is 0 Å². The number of ether oxygens (including phenoxy) is 1. The Morgan fingerprint density at radius 2 is 1.72 bits per heavy atom. The number of nitrogens with zero attached hydrogens (tertiary/aromatic N) is 4. The Balaban J connectivity index is 1.77. The van der Waals surface area contributed by atoms with Gasteiger partial charge in [0.15, 0.2) is 0 Å². The van der Waals surface area contributed by atoms with E-state index in [2.05, 4.69) is 34.9 Å². The average Bonchev–Trinajstić information content (AvgIpc) is 3.22. The molecule has 0 saturated heterocycles. The van der Waals surface area contributed by atoms with Gasteiger partial charge in [0.1, 0.15) is 5.75 Å². The van der Waals surface area contributed by atoms with Crippen LogP contribution < -0.4 is 14.8 Å². The van der Waals surface area contributed by atoms with E-state index in [1.54, 1.807) is 0 Å². The second kappa shape index (κ2) is 9.86. The molecule has 1 aromatic carbocycles. The Bertz CT molecular complexity index is 1130. The first-order valence-electron chi connectivity index (χ1n) is 8.80. The maximum atomic E-state index is 12.6. The summed E-state index contributed by atoms with van der Waals surface area (Å²) in [6.07, 6.45) is 0.559. The van der Waals surface area contributed by atoms with Gasteiger partial charge in [0, 0.05) is 18.9 Å². The van der Waals surface area contributed by atoms with Crippen molar-refractivity contribution in [2.45, 2.75) is 19.1 Å². The van der Waals surface area contributed by atoms with Gasteiger partial charge in [-0.15, -0.1) is 10.2 Å². The van der Waals surface area contributed by atoms with Crippen molar-refractivity contribution in [3.63, 3.8) is 0 Å². The Hall–Kier alpha value is -3.33. The standard InChI is InChI=1S/C17H16F4N6O4S/c1-32(28,29)24-8-12(9-2-4-11(5-3-9)30-16(20)21)25-17-22-6-10(7-23-17)14-26-27-15(31-14)13(18)19/h2-7,12-13,16,24H,8H2,1H3,(H,22,23,25). The zero-order chi connectivity index (χ0) is 23.3. The third kappa shape index (κ3) is 6.58. The summed E-state index contributed by atoms with van der Waals surface area (Å²) in [4.78, 5) is 8.07. The third-order valence-corrected chi connectivity index (χ3v) is 4.58. The lowest BCUT2D eigenvalue weighted by atomic mass is 10.1. The molecule has 0 radical (unpaired) electrons. The highest BCUT2D eigenvalue weighted by Crippen LogP contribution is 2.24. The summed E-state index contributed by atoms with van der Waals surface area (Å²) in [5.41, 5.74) is 0.711. The van der Waals surface area contributed by atoms with Crippen LogP contribution in [0.1, 0.15) is 23.9 Å². The highest BCUT2D eigenvalue weighted by atomic mass is 32.2. The molecule has 2 aromatic heterocycles. The Morgan fingerprint density at radius 1 is 1.06 bits per heavy atom. The molecule has 0 aliphatic heterocycles. The van der Waals surface area contributed by atoms with Crippen molar-refractivity contribution < 1.29 is 35.1 Å². The second-order valence-electron chi connectivity index (χ2n) is 6.31. The SMILES string of the molecule is CS(=O)(=O)NCC(Nc1ncc(-c2nnc(C(F)F)o2)cn1)c1ccc(OC(F)F)cc1. The van der Waals surface area contributed by atoms with Gasteiger partial charge in [-0.3, -0.25) is 0 Å². The number of alkyl halides is 4. The number of benzene rings is 1. The molecule has 172 valence electrons. The summed E-state index contributed by atoms with van der Waals surface area (Å²) in [5, 5.41) is 9.61. The number of halogens is 4. The highest BCUT2D eigenvalue weighted by Gasteiger charge is 2.19. The Labute approximate surface area is 179 Å². The topological polar surface area (TPSA) is 132 Å². The number of hydrogen-bond donors (Lipinski definition) is 2. The van der Waals surface area contributed by atoms with Gasteiger partial charge in [0.25, 0.3) is 11.8 Å². The van der Waals surface area contributed by atoms with Crippen LogP contribution in [0, 0.1) is 0 Å². The molecule has 0 bridgehead atoms. The third-order valence-electron chi connectivity index (χ3n) is 3.89. The van der Waals surface area contributed by atoms with Crippen LogP contribution in [0.3, 0.4) is 0 Å². The van der Waals surface area contributed by atoms with Crippen LogP contribution in [-0.2, 0) is 10.0 Å². The van der Waals surface area contributed by atoms with Crippen molar-refractivity contribution in [3.8, 4) is 17.2 Å². The van der Waals surface area contributed by atoms with Crippen molar-refractivity contribution in [2.24, 2.45) is 0 Å². The summed E-state index contributed by atoms with van der Waals surface area (Å²) in [5.74, 6) is -1.04. The lowest BCUT2D eigenvalue weighted by Crippen LogP contribution is -2.31. The Kier molecular flexibility index (Phi) is 7.19. The summed E-state index contributed by atoms with van der Waals surface area (Å²) < 4.78 is 84.3. The van der Waals surface area contributed by atoms with Crippen LogP contribution in [0.5, 0.6) is 5.75 Å². The largest absolute Gasteiger partial charge is 0.435 e. The zero-order valence-electron chi connectivity index (χ0n) is 16.2. The lowest BCUT2D eigenvalue weighted by Gasteiger charge is -2.19. The minimum absolute atomic E-state index is 0.0653. The lowest BCUT2D eigenvalue weighted by molar-refractivity contribution is -0.0498. The molecule has 0 fully saturated rings. The molecule has 3 aromatic rings. The molecule has 3 rings (SSSR count). The first-order valence-corrected chi connectivity index (χ1v) is 10.7. The molecule has 0 amide bonds. The predicted octanol–water partition coefficient (Wildman–Crippen LogP) is 2.77. The van der Waals surface area contributed by atoms with Gasteiger partial charge in [-0.2, -0.15) is 17.6 Å². The fraction of sp³-hybridized carbons (Fsp3) is 0.294. The average molecular weight is 476 g/mol. The van der Waals surface area contributed by atoms with Crippen LogP contribution in [0.15, 0.2) is 41.1 Å². The zero-order valence-corrected chi connectivity index (χ0v) is 17.1. The molecule has 15 heteroatoms. The molecule has 2 N–H and O–H groups in total. The molecule has 1 unspecified atom stereocenters. The van der Waals surface area contributed by atoms with Crippen molar-refractivity contribution in [2.75, 3.05) is 18.1 Å². The molecule has 2 heterocycles.